The Morgan fingerprint density at radius 1 is 1.11 bits per heavy atom. The van der Waals surface area contributed by atoms with Crippen LogP contribution in [0.3, 0.4) is 0 Å². The van der Waals surface area contributed by atoms with E-state index < -0.39 is 33.3 Å². The summed E-state index contributed by atoms with van der Waals surface area (Å²) in [7, 11) is -3.42. The van der Waals surface area contributed by atoms with Crippen LogP contribution >= 0.6 is 23.2 Å². The lowest BCUT2D eigenvalue weighted by molar-refractivity contribution is -0.160. The highest BCUT2D eigenvalue weighted by Crippen LogP contribution is 2.52. The fourth-order valence-corrected chi connectivity index (χ4v) is 6.63. The maximum absolute atomic E-state index is 14.1. The van der Waals surface area contributed by atoms with E-state index in [9.17, 15) is 23.1 Å². The van der Waals surface area contributed by atoms with Crippen LogP contribution in [0.4, 0.5) is 0 Å². The summed E-state index contributed by atoms with van der Waals surface area (Å²) in [4.78, 5) is 27.5. The molecule has 190 valence electrons. The largest absolute Gasteiger partial charge is 0.481 e. The quantitative estimate of drug-likeness (QED) is 0.438. The maximum Gasteiger partial charge on any atom is 0.304 e. The molecule has 4 atom stereocenters. The zero-order valence-corrected chi connectivity index (χ0v) is 22.4. The molecule has 1 saturated heterocycles. The average molecular weight is 541 g/mol. The first-order valence-corrected chi connectivity index (χ1v) is 14.2. The number of hydrogen-bond donors (Lipinski definition) is 1. The number of carboxylic acids is 1. The van der Waals surface area contributed by atoms with Crippen LogP contribution < -0.4 is 0 Å². The minimum Gasteiger partial charge on any atom is -0.481 e. The third kappa shape index (κ3) is 6.19. The normalized spacial score (nSPS) is 23.8. The Balaban J connectivity index is 2.26. The van der Waals surface area contributed by atoms with Gasteiger partial charge >= 0.3 is 5.97 Å². The minimum atomic E-state index is -3.42. The van der Waals surface area contributed by atoms with Gasteiger partial charge in [0.25, 0.3) is 0 Å². The van der Waals surface area contributed by atoms with Gasteiger partial charge in [0, 0.05) is 27.8 Å². The molecule has 2 aromatic carbocycles. The molecule has 2 aromatic rings. The van der Waals surface area contributed by atoms with Gasteiger partial charge in [-0.15, -0.1) is 0 Å². The van der Waals surface area contributed by atoms with E-state index in [2.05, 4.69) is 0 Å². The lowest BCUT2D eigenvalue weighted by Crippen LogP contribution is -2.57. The van der Waals surface area contributed by atoms with Gasteiger partial charge in [-0.2, -0.15) is 0 Å². The molecule has 0 aromatic heterocycles. The summed E-state index contributed by atoms with van der Waals surface area (Å²) in [5, 5.41) is 10.7. The van der Waals surface area contributed by atoms with E-state index >= 15 is 0 Å². The summed E-state index contributed by atoms with van der Waals surface area (Å²) in [6.07, 6.45) is 0.323. The number of nitrogens with zero attached hydrogens (tertiary/aromatic N) is 1. The van der Waals surface area contributed by atoms with E-state index in [0.29, 0.717) is 16.5 Å². The summed E-state index contributed by atoms with van der Waals surface area (Å²) in [5.74, 6) is -1.97. The summed E-state index contributed by atoms with van der Waals surface area (Å²) in [6.45, 7) is 5.09. The standard InChI is InChI=1S/C26H31Cl2NO5S/c1-4-21(16-35(33,34)5-2)29-24(17-9-11-19(27)12-10-17)22(18-7-6-8-20(28)13-18)14-26(3,25(29)32)15-23(30)31/h6-13,21-22,24H,4-5,14-16H2,1-3H3,(H,30,31)/t21-,22?,24+,26-/m0/s1. The molecule has 0 spiro atoms. The Labute approximate surface area is 217 Å². The van der Waals surface area contributed by atoms with Crippen LogP contribution in [0.25, 0.3) is 0 Å². The third-order valence-electron chi connectivity index (χ3n) is 6.88. The van der Waals surface area contributed by atoms with E-state index in [0.717, 1.165) is 11.1 Å². The number of piperidine rings is 1. The lowest BCUT2D eigenvalue weighted by atomic mass is 9.67. The molecule has 0 radical (unpaired) electrons. The number of aliphatic carboxylic acids is 1. The molecule has 1 unspecified atom stereocenters. The molecule has 6 nitrogen and oxygen atoms in total. The number of benzene rings is 2. The number of sulfone groups is 1. The van der Waals surface area contributed by atoms with Gasteiger partial charge in [-0.05, 0) is 48.2 Å². The van der Waals surface area contributed by atoms with Gasteiger partial charge in [0.05, 0.1) is 23.6 Å². The molecule has 1 heterocycles. The molecule has 9 heteroatoms. The zero-order valence-electron chi connectivity index (χ0n) is 20.1. The third-order valence-corrected chi connectivity index (χ3v) is 9.14. The predicted octanol–water partition coefficient (Wildman–Crippen LogP) is 5.74. The first kappa shape index (κ1) is 27.5. The average Bonchev–Trinajstić information content (AvgIpc) is 2.79. The Morgan fingerprint density at radius 2 is 1.77 bits per heavy atom. The molecular formula is C26H31Cl2NO5S. The molecule has 1 amide bonds. The molecule has 0 saturated carbocycles. The minimum absolute atomic E-state index is 0.0404. The van der Waals surface area contributed by atoms with Crippen LogP contribution in [0.2, 0.25) is 10.0 Å². The van der Waals surface area contributed by atoms with Crippen LogP contribution in [0.5, 0.6) is 0 Å². The second kappa shape index (κ2) is 10.9. The molecule has 0 aliphatic carbocycles. The van der Waals surface area contributed by atoms with Crippen LogP contribution in [0.1, 0.15) is 63.1 Å². The van der Waals surface area contributed by atoms with Gasteiger partial charge < -0.3 is 10.0 Å². The van der Waals surface area contributed by atoms with Crippen molar-refractivity contribution in [2.45, 2.75) is 58.0 Å². The van der Waals surface area contributed by atoms with Crippen LogP contribution in [0, 0.1) is 5.41 Å². The fraction of sp³-hybridized carbons (Fsp3) is 0.462. The smallest absolute Gasteiger partial charge is 0.304 e. The number of likely N-dealkylation sites (tertiary alicyclic amines) is 1. The monoisotopic (exact) mass is 539 g/mol. The highest BCUT2D eigenvalue weighted by atomic mass is 35.5. The Morgan fingerprint density at radius 3 is 2.31 bits per heavy atom. The molecule has 35 heavy (non-hydrogen) atoms. The first-order chi connectivity index (χ1) is 16.4. The number of carboxylic acid groups (broad SMARTS) is 1. The van der Waals surface area contributed by atoms with Gasteiger partial charge in [-0.25, -0.2) is 8.42 Å². The molecular weight excluding hydrogens is 509 g/mol. The molecule has 0 bridgehead atoms. The Bertz CT molecular complexity index is 1180. The van der Waals surface area contributed by atoms with Crippen LogP contribution in [-0.4, -0.2) is 47.8 Å². The zero-order chi connectivity index (χ0) is 26.0. The van der Waals surface area contributed by atoms with E-state index in [1.807, 2.05) is 37.3 Å². The second-order valence-electron chi connectivity index (χ2n) is 9.47. The highest BCUT2D eigenvalue weighted by Gasteiger charge is 2.52. The van der Waals surface area contributed by atoms with Gasteiger partial charge in [0.2, 0.25) is 5.91 Å². The summed E-state index contributed by atoms with van der Waals surface area (Å²) in [6, 6.07) is 13.3. The van der Waals surface area contributed by atoms with Crippen molar-refractivity contribution in [3.05, 3.63) is 69.7 Å². The van der Waals surface area contributed by atoms with E-state index in [-0.39, 0.29) is 36.2 Å². The van der Waals surface area contributed by atoms with Crippen molar-refractivity contribution < 1.29 is 23.1 Å². The van der Waals surface area contributed by atoms with E-state index in [1.165, 1.54) is 0 Å². The van der Waals surface area contributed by atoms with Gasteiger partial charge in [-0.1, -0.05) is 68.2 Å². The van der Waals surface area contributed by atoms with Crippen molar-refractivity contribution in [3.8, 4) is 0 Å². The highest BCUT2D eigenvalue weighted by molar-refractivity contribution is 7.91. The van der Waals surface area contributed by atoms with Gasteiger partial charge in [-0.3, -0.25) is 9.59 Å². The van der Waals surface area contributed by atoms with Crippen molar-refractivity contribution >= 4 is 44.9 Å². The molecule has 1 aliphatic heterocycles. The van der Waals surface area contributed by atoms with Gasteiger partial charge in [0.1, 0.15) is 0 Å². The second-order valence-corrected chi connectivity index (χ2v) is 12.7. The van der Waals surface area contributed by atoms with Crippen molar-refractivity contribution in [1.29, 1.82) is 0 Å². The van der Waals surface area contributed by atoms with Crippen molar-refractivity contribution in [1.82, 2.24) is 4.90 Å². The Kier molecular flexibility index (Phi) is 8.56. The molecule has 1 aliphatic rings. The predicted molar refractivity (Wildman–Crippen MR) is 139 cm³/mol. The number of carbonyl (C=O) groups excluding carboxylic acids is 1. The van der Waals surface area contributed by atoms with Crippen molar-refractivity contribution in [2.75, 3.05) is 11.5 Å². The number of rotatable bonds is 9. The molecule has 1 fully saturated rings. The summed E-state index contributed by atoms with van der Waals surface area (Å²) < 4.78 is 25.3. The number of amides is 1. The molecule has 3 rings (SSSR count). The molecule has 1 N–H and O–H groups in total. The van der Waals surface area contributed by atoms with Crippen LogP contribution in [-0.2, 0) is 19.4 Å². The SMILES string of the molecule is CC[C@@H](CS(=O)(=O)CC)N1C(=O)[C@](C)(CC(=O)O)CC(c2cccc(Cl)c2)[C@H]1c1ccc(Cl)cc1. The summed E-state index contributed by atoms with van der Waals surface area (Å²) >= 11 is 12.5. The van der Waals surface area contributed by atoms with Crippen molar-refractivity contribution in [3.63, 3.8) is 0 Å². The van der Waals surface area contributed by atoms with E-state index in [4.69, 9.17) is 23.2 Å². The fourth-order valence-electron chi connectivity index (χ4n) is 5.09. The lowest BCUT2D eigenvalue weighted by Gasteiger charge is -2.51. The number of hydrogen-bond acceptors (Lipinski definition) is 4. The van der Waals surface area contributed by atoms with Gasteiger partial charge in [0.15, 0.2) is 9.84 Å². The summed E-state index contributed by atoms with van der Waals surface area (Å²) in [5.41, 5.74) is 0.447. The topological polar surface area (TPSA) is 91.8 Å². The Hall–Kier alpha value is -2.09. The number of carbonyl (C=O) groups is 2. The first-order valence-electron chi connectivity index (χ1n) is 11.7. The number of halogens is 2. The maximum atomic E-state index is 14.1. The van der Waals surface area contributed by atoms with E-state index in [1.54, 1.807) is 36.9 Å². The van der Waals surface area contributed by atoms with Crippen LogP contribution in [0.15, 0.2) is 48.5 Å². The van der Waals surface area contributed by atoms with Crippen molar-refractivity contribution in [2.24, 2.45) is 5.41 Å².